The molecular formula is C19H25N5O4. The van der Waals surface area contributed by atoms with Crippen molar-refractivity contribution in [2.45, 2.75) is 25.3 Å². The van der Waals surface area contributed by atoms with Crippen molar-refractivity contribution in [1.82, 2.24) is 14.3 Å². The molecule has 4 rings (SSSR count). The van der Waals surface area contributed by atoms with Gasteiger partial charge in [0.25, 0.3) is 5.91 Å². The Labute approximate surface area is 163 Å². The number of carbonyl (C=O) groups is 2. The molecule has 1 saturated carbocycles. The van der Waals surface area contributed by atoms with Crippen molar-refractivity contribution in [3.05, 3.63) is 29.7 Å². The molecule has 150 valence electrons. The number of nitrogens with zero attached hydrogens (tertiary/aromatic N) is 4. The number of urea groups is 1. The van der Waals surface area contributed by atoms with Crippen LogP contribution in [0.3, 0.4) is 0 Å². The average Bonchev–Trinajstić information content (AvgIpc) is 3.40. The lowest BCUT2D eigenvalue weighted by molar-refractivity contribution is -0.125. The molecule has 1 saturated heterocycles. The number of ether oxygens (including phenoxy) is 2. The predicted molar refractivity (Wildman–Crippen MR) is 102 cm³/mol. The van der Waals surface area contributed by atoms with Crippen LogP contribution in [0.5, 0.6) is 0 Å². The van der Waals surface area contributed by atoms with Crippen LogP contribution in [0.4, 0.5) is 10.5 Å². The highest BCUT2D eigenvalue weighted by atomic mass is 16.5. The molecule has 3 heterocycles. The number of methoxy groups -OCH3 is 1. The summed E-state index contributed by atoms with van der Waals surface area (Å²) in [6, 6.07) is 1.65. The second kappa shape index (κ2) is 7.86. The molecule has 1 aliphatic heterocycles. The van der Waals surface area contributed by atoms with Gasteiger partial charge >= 0.3 is 6.03 Å². The van der Waals surface area contributed by atoms with Crippen molar-refractivity contribution >= 4 is 23.3 Å². The SMILES string of the molecule is COCCOCCN1C(=O)CN(c2cc(C3CC3)cn3cc(CN)nc23)C1=O. The van der Waals surface area contributed by atoms with E-state index in [-0.39, 0.29) is 31.6 Å². The standard InChI is InChI=1S/C19H25N5O4/c1-27-6-7-28-5-4-23-17(25)12-24(19(23)26)16-8-14(13-2-3-13)10-22-11-15(9-20)21-18(16)22/h8,10-11,13H,2-7,9,12,20H2,1H3. The number of nitrogens with two attached hydrogens (primary N) is 1. The van der Waals surface area contributed by atoms with Crippen molar-refractivity contribution in [3.63, 3.8) is 0 Å². The zero-order valence-electron chi connectivity index (χ0n) is 16.0. The zero-order chi connectivity index (χ0) is 19.7. The van der Waals surface area contributed by atoms with Gasteiger partial charge in [-0.1, -0.05) is 0 Å². The Morgan fingerprint density at radius 3 is 2.75 bits per heavy atom. The molecule has 2 aromatic rings. The van der Waals surface area contributed by atoms with Crippen LogP contribution in [0.15, 0.2) is 18.5 Å². The molecule has 0 unspecified atom stereocenters. The van der Waals surface area contributed by atoms with Crippen LogP contribution >= 0.6 is 0 Å². The fourth-order valence-electron chi connectivity index (χ4n) is 3.44. The topological polar surface area (TPSA) is 102 Å². The van der Waals surface area contributed by atoms with Gasteiger partial charge in [-0.25, -0.2) is 9.78 Å². The molecular weight excluding hydrogens is 362 g/mol. The van der Waals surface area contributed by atoms with Gasteiger partial charge in [0.15, 0.2) is 5.65 Å². The van der Waals surface area contributed by atoms with Crippen molar-refractivity contribution in [1.29, 1.82) is 0 Å². The van der Waals surface area contributed by atoms with E-state index in [1.807, 2.05) is 22.9 Å². The number of imide groups is 1. The number of anilines is 1. The van der Waals surface area contributed by atoms with Gasteiger partial charge in [-0.3, -0.25) is 14.6 Å². The average molecular weight is 387 g/mol. The molecule has 9 nitrogen and oxygen atoms in total. The highest BCUT2D eigenvalue weighted by Gasteiger charge is 2.38. The Kier molecular flexibility index (Phi) is 5.29. The third-order valence-corrected chi connectivity index (χ3v) is 5.10. The third-order valence-electron chi connectivity index (χ3n) is 5.10. The maximum atomic E-state index is 12.9. The van der Waals surface area contributed by atoms with Gasteiger partial charge in [0.05, 0.1) is 37.7 Å². The predicted octanol–water partition coefficient (Wildman–Crippen LogP) is 1.10. The van der Waals surface area contributed by atoms with E-state index in [2.05, 4.69) is 4.98 Å². The van der Waals surface area contributed by atoms with Crippen LogP contribution in [0, 0.1) is 0 Å². The van der Waals surface area contributed by atoms with Crippen molar-refractivity contribution in [3.8, 4) is 0 Å². The number of fused-ring (bicyclic) bond motifs is 1. The molecule has 0 aromatic carbocycles. The Bertz CT molecular complexity index is 892. The Morgan fingerprint density at radius 1 is 1.21 bits per heavy atom. The minimum Gasteiger partial charge on any atom is -0.382 e. The minimum absolute atomic E-state index is 0.00546. The van der Waals surface area contributed by atoms with Gasteiger partial charge in [0.1, 0.15) is 6.54 Å². The summed E-state index contributed by atoms with van der Waals surface area (Å²) < 4.78 is 12.2. The Morgan fingerprint density at radius 2 is 2.04 bits per heavy atom. The highest BCUT2D eigenvalue weighted by Crippen LogP contribution is 2.42. The number of amides is 3. The van der Waals surface area contributed by atoms with E-state index in [0.29, 0.717) is 37.0 Å². The number of hydrogen-bond acceptors (Lipinski definition) is 6. The van der Waals surface area contributed by atoms with Gasteiger partial charge in [0, 0.05) is 26.0 Å². The largest absolute Gasteiger partial charge is 0.382 e. The normalized spacial score (nSPS) is 17.4. The maximum Gasteiger partial charge on any atom is 0.331 e. The maximum absolute atomic E-state index is 12.9. The summed E-state index contributed by atoms with van der Waals surface area (Å²) in [5, 5.41) is 0. The second-order valence-corrected chi connectivity index (χ2v) is 7.12. The molecule has 0 radical (unpaired) electrons. The third kappa shape index (κ3) is 3.60. The molecule has 2 aliphatic rings. The summed E-state index contributed by atoms with van der Waals surface area (Å²) in [7, 11) is 1.59. The second-order valence-electron chi connectivity index (χ2n) is 7.12. The van der Waals surface area contributed by atoms with E-state index < -0.39 is 0 Å². The molecule has 3 amide bonds. The van der Waals surface area contributed by atoms with Crippen molar-refractivity contribution in [2.75, 3.05) is 44.9 Å². The van der Waals surface area contributed by atoms with Crippen molar-refractivity contribution < 1.29 is 19.1 Å². The Balaban J connectivity index is 1.58. The van der Waals surface area contributed by atoms with E-state index >= 15 is 0 Å². The quantitative estimate of drug-likeness (QED) is 0.511. The van der Waals surface area contributed by atoms with Crippen LogP contribution in [0.25, 0.3) is 5.65 Å². The number of rotatable bonds is 9. The molecule has 0 spiro atoms. The summed E-state index contributed by atoms with van der Waals surface area (Å²) in [5.41, 5.74) is 8.95. The van der Waals surface area contributed by atoms with Gasteiger partial charge in [-0.05, 0) is 30.4 Å². The summed E-state index contributed by atoms with van der Waals surface area (Å²) in [5.74, 6) is 0.270. The molecule has 0 bridgehead atoms. The monoisotopic (exact) mass is 387 g/mol. The van der Waals surface area contributed by atoms with E-state index in [4.69, 9.17) is 15.2 Å². The summed E-state index contributed by atoms with van der Waals surface area (Å²) in [6.45, 7) is 1.73. The number of hydrogen-bond donors (Lipinski definition) is 1. The number of carbonyl (C=O) groups excluding carboxylic acids is 2. The Hall–Kier alpha value is -2.49. The minimum atomic E-state index is -0.340. The van der Waals surface area contributed by atoms with E-state index in [1.165, 1.54) is 9.80 Å². The fraction of sp³-hybridized carbons (Fsp3) is 0.526. The van der Waals surface area contributed by atoms with Gasteiger partial charge in [-0.15, -0.1) is 0 Å². The lowest BCUT2D eigenvalue weighted by atomic mass is 10.1. The molecule has 2 N–H and O–H groups in total. The van der Waals surface area contributed by atoms with Gasteiger partial charge in [0.2, 0.25) is 0 Å². The first-order valence-electron chi connectivity index (χ1n) is 9.52. The van der Waals surface area contributed by atoms with Crippen LogP contribution in [0.2, 0.25) is 0 Å². The van der Waals surface area contributed by atoms with Crippen LogP contribution < -0.4 is 10.6 Å². The smallest absolute Gasteiger partial charge is 0.331 e. The number of aromatic nitrogens is 2. The summed E-state index contributed by atoms with van der Waals surface area (Å²) in [4.78, 5) is 32.7. The van der Waals surface area contributed by atoms with E-state index in [9.17, 15) is 9.59 Å². The fourth-order valence-corrected chi connectivity index (χ4v) is 3.44. The first-order chi connectivity index (χ1) is 13.6. The first kappa shape index (κ1) is 18.9. The van der Waals surface area contributed by atoms with Crippen LogP contribution in [-0.4, -0.2) is 66.2 Å². The van der Waals surface area contributed by atoms with Crippen LogP contribution in [0.1, 0.15) is 30.0 Å². The van der Waals surface area contributed by atoms with E-state index in [1.54, 1.807) is 7.11 Å². The summed E-state index contributed by atoms with van der Waals surface area (Å²) in [6.07, 6.45) is 6.21. The number of imidazole rings is 1. The van der Waals surface area contributed by atoms with E-state index in [0.717, 1.165) is 24.1 Å². The zero-order valence-corrected chi connectivity index (χ0v) is 16.0. The van der Waals surface area contributed by atoms with Crippen LogP contribution in [-0.2, 0) is 20.8 Å². The lowest BCUT2D eigenvalue weighted by Crippen LogP contribution is -2.35. The van der Waals surface area contributed by atoms with Gasteiger partial charge in [-0.2, -0.15) is 0 Å². The molecule has 2 aromatic heterocycles. The molecule has 1 aliphatic carbocycles. The molecule has 2 fully saturated rings. The van der Waals surface area contributed by atoms with Gasteiger partial charge < -0.3 is 19.6 Å². The summed E-state index contributed by atoms with van der Waals surface area (Å²) >= 11 is 0. The van der Waals surface area contributed by atoms with Crippen molar-refractivity contribution in [2.24, 2.45) is 5.73 Å². The molecule has 28 heavy (non-hydrogen) atoms. The first-order valence-corrected chi connectivity index (χ1v) is 9.52. The highest BCUT2D eigenvalue weighted by molar-refractivity contribution is 6.13. The molecule has 9 heteroatoms. The lowest BCUT2D eigenvalue weighted by Gasteiger charge is -2.18. The number of pyridine rings is 1. The molecule has 0 atom stereocenters.